The minimum absolute atomic E-state index is 0.137. The van der Waals surface area contributed by atoms with Gasteiger partial charge in [0.25, 0.3) is 5.91 Å². The first-order chi connectivity index (χ1) is 14.0. The van der Waals surface area contributed by atoms with Crippen LogP contribution in [0.25, 0.3) is 0 Å². The number of amides is 1. The maximum Gasteiger partial charge on any atom is 0.251 e. The van der Waals surface area contributed by atoms with Crippen LogP contribution in [0, 0.1) is 29.1 Å². The molecule has 0 spiro atoms. The number of hydrogen-bond acceptors (Lipinski definition) is 2. The van der Waals surface area contributed by atoms with Crippen LogP contribution in [0.5, 0.6) is 0 Å². The highest BCUT2D eigenvalue weighted by Gasteiger charge is 2.63. The van der Waals surface area contributed by atoms with E-state index in [2.05, 4.69) is 35.3 Å². The van der Waals surface area contributed by atoms with Crippen molar-refractivity contribution in [2.75, 3.05) is 5.88 Å². The van der Waals surface area contributed by atoms with Crippen molar-refractivity contribution >= 4 is 23.7 Å². The summed E-state index contributed by atoms with van der Waals surface area (Å²) >= 11 is 6.41. The largest absolute Gasteiger partial charge is 0.328 e. The van der Waals surface area contributed by atoms with Gasteiger partial charge in [-0.1, -0.05) is 30.3 Å². The lowest BCUT2D eigenvalue weighted by Gasteiger charge is -2.64. The fourth-order valence-electron chi connectivity index (χ4n) is 7.48. The Balaban J connectivity index is 1.41. The molecule has 2 atom stereocenters. The lowest BCUT2D eigenvalue weighted by Crippen LogP contribution is -2.60. The molecule has 5 fully saturated rings. The summed E-state index contributed by atoms with van der Waals surface area (Å²) in [6, 6.07) is 11.3. The number of halogens is 1. The summed E-state index contributed by atoms with van der Waals surface area (Å²) in [6.45, 7) is 0. The highest BCUT2D eigenvalue weighted by Crippen LogP contribution is 2.67. The van der Waals surface area contributed by atoms with Crippen molar-refractivity contribution in [1.29, 1.82) is 0 Å². The Morgan fingerprint density at radius 3 is 2.34 bits per heavy atom. The van der Waals surface area contributed by atoms with Crippen molar-refractivity contribution < 1.29 is 4.79 Å². The van der Waals surface area contributed by atoms with E-state index in [1.807, 2.05) is 6.21 Å². The Kier molecular flexibility index (Phi) is 5.11. The van der Waals surface area contributed by atoms with Crippen LogP contribution in [0.1, 0.15) is 63.4 Å². The fraction of sp³-hybridized carbons (Fsp3) is 0.680. The number of carbonyl (C=O) groups is 1. The van der Waals surface area contributed by atoms with Gasteiger partial charge in [0.15, 0.2) is 0 Å². The summed E-state index contributed by atoms with van der Waals surface area (Å²) in [5.74, 6) is 2.98. The van der Waals surface area contributed by atoms with Gasteiger partial charge in [0.05, 0.1) is 5.41 Å². The van der Waals surface area contributed by atoms with Gasteiger partial charge in [0, 0.05) is 18.1 Å². The van der Waals surface area contributed by atoms with Crippen LogP contribution in [-0.2, 0) is 10.2 Å². The van der Waals surface area contributed by atoms with Crippen LogP contribution < -0.4 is 5.73 Å². The second-order valence-corrected chi connectivity index (χ2v) is 10.8. The fourth-order valence-corrected chi connectivity index (χ4v) is 7.99. The van der Waals surface area contributed by atoms with Crippen molar-refractivity contribution in [3.63, 3.8) is 0 Å². The van der Waals surface area contributed by atoms with Crippen LogP contribution in [-0.4, -0.2) is 24.0 Å². The van der Waals surface area contributed by atoms with Gasteiger partial charge >= 0.3 is 0 Å². The summed E-state index contributed by atoms with van der Waals surface area (Å²) < 4.78 is 0. The van der Waals surface area contributed by atoms with Crippen molar-refractivity contribution in [1.82, 2.24) is 0 Å². The van der Waals surface area contributed by atoms with Crippen LogP contribution in [0.3, 0.4) is 0 Å². The third-order valence-electron chi connectivity index (χ3n) is 8.74. The molecule has 1 aromatic rings. The summed E-state index contributed by atoms with van der Waals surface area (Å²) in [5.41, 5.74) is 7.32. The molecule has 29 heavy (non-hydrogen) atoms. The van der Waals surface area contributed by atoms with Gasteiger partial charge in [-0.2, -0.15) is 0 Å². The van der Waals surface area contributed by atoms with Crippen LogP contribution in [0.2, 0.25) is 0 Å². The van der Waals surface area contributed by atoms with Gasteiger partial charge in [0.1, 0.15) is 0 Å². The van der Waals surface area contributed by atoms with E-state index in [1.165, 1.54) is 18.4 Å². The maximum atomic E-state index is 13.5. The maximum absolute atomic E-state index is 13.5. The topological polar surface area (TPSA) is 55.4 Å². The number of nitrogens with zero attached hydrogens (tertiary/aromatic N) is 1. The highest BCUT2D eigenvalue weighted by atomic mass is 35.5. The Bertz CT molecular complexity index is 767. The Morgan fingerprint density at radius 1 is 1.07 bits per heavy atom. The number of aliphatic imine (C=N–C) groups is 1. The molecule has 6 rings (SSSR count). The number of nitrogens with two attached hydrogens (primary N) is 1. The molecule has 5 aliphatic rings. The Morgan fingerprint density at radius 2 is 1.72 bits per heavy atom. The molecule has 0 radical (unpaired) electrons. The second-order valence-electron chi connectivity index (χ2n) is 10.5. The van der Waals surface area contributed by atoms with E-state index >= 15 is 0 Å². The van der Waals surface area contributed by atoms with E-state index in [4.69, 9.17) is 17.3 Å². The first kappa shape index (κ1) is 19.8. The molecule has 4 heteroatoms. The lowest BCUT2D eigenvalue weighted by atomic mass is 9.40. The van der Waals surface area contributed by atoms with Gasteiger partial charge < -0.3 is 5.73 Å². The molecule has 5 aliphatic carbocycles. The summed E-state index contributed by atoms with van der Waals surface area (Å²) in [5, 5.41) is 0. The molecule has 1 aromatic carbocycles. The number of carbonyl (C=O) groups excluding carboxylic acids is 1. The molecule has 0 saturated heterocycles. The number of benzene rings is 1. The quantitative estimate of drug-likeness (QED) is 0.552. The zero-order chi connectivity index (χ0) is 20.1. The molecular formula is C25H33ClN2O. The predicted octanol–water partition coefficient (Wildman–Crippen LogP) is 5.10. The number of rotatable bonds is 4. The van der Waals surface area contributed by atoms with Crippen molar-refractivity contribution in [2.45, 2.75) is 69.2 Å². The molecule has 156 valence electrons. The van der Waals surface area contributed by atoms with Gasteiger partial charge in [-0.05, 0) is 92.4 Å². The van der Waals surface area contributed by atoms with E-state index in [0.717, 1.165) is 50.8 Å². The molecule has 1 amide bonds. The average Bonchev–Trinajstić information content (AvgIpc) is 2.73. The molecule has 0 heterocycles. The van der Waals surface area contributed by atoms with E-state index in [9.17, 15) is 4.79 Å². The van der Waals surface area contributed by atoms with E-state index in [-0.39, 0.29) is 16.7 Å². The van der Waals surface area contributed by atoms with Gasteiger partial charge in [0.2, 0.25) is 0 Å². The van der Waals surface area contributed by atoms with Crippen LogP contribution in [0.15, 0.2) is 35.3 Å². The zero-order valence-electron chi connectivity index (χ0n) is 17.2. The molecule has 5 saturated carbocycles. The highest BCUT2D eigenvalue weighted by molar-refractivity contribution is 6.18. The molecule has 3 nitrogen and oxygen atoms in total. The molecule has 2 N–H and O–H groups in total. The normalized spacial score (nSPS) is 43.7. The molecule has 0 aliphatic heterocycles. The third-order valence-corrected chi connectivity index (χ3v) is 9.09. The lowest BCUT2D eigenvalue weighted by molar-refractivity contribution is -0.152. The van der Waals surface area contributed by atoms with E-state index in [1.54, 1.807) is 0 Å². The zero-order valence-corrected chi connectivity index (χ0v) is 18.0. The monoisotopic (exact) mass is 412 g/mol. The minimum Gasteiger partial charge on any atom is -0.328 e. The minimum atomic E-state index is -0.272. The summed E-state index contributed by atoms with van der Waals surface area (Å²) in [4.78, 5) is 18.1. The smallest absolute Gasteiger partial charge is 0.251 e. The van der Waals surface area contributed by atoms with Gasteiger partial charge in [-0.25, -0.2) is 4.99 Å². The third kappa shape index (κ3) is 3.39. The van der Waals surface area contributed by atoms with E-state index < -0.39 is 0 Å². The SMILES string of the molecule is NC1CCC(C=NC(=O)C23CC4CC(c5ccccc5)(CC(C2)C4CCl)C3)CC1. The second kappa shape index (κ2) is 7.50. The van der Waals surface area contributed by atoms with E-state index in [0.29, 0.717) is 29.7 Å². The first-order valence-corrected chi connectivity index (χ1v) is 12.0. The Hall–Kier alpha value is -1.19. The molecule has 2 unspecified atom stereocenters. The first-order valence-electron chi connectivity index (χ1n) is 11.5. The average molecular weight is 413 g/mol. The molecule has 4 bridgehead atoms. The standard InChI is InChI=1S/C25H33ClN2O/c26-14-22-18-10-24(20-4-2-1-3-5-20)11-19(22)13-25(12-18,16-24)23(29)28-15-17-6-8-21(27)9-7-17/h1-5,15,17-19,21-22H,6-14,16,27H2. The van der Waals surface area contributed by atoms with Crippen LogP contribution >= 0.6 is 11.6 Å². The Labute approximate surface area is 179 Å². The van der Waals surface area contributed by atoms with Gasteiger partial charge in [-0.3, -0.25) is 4.79 Å². The van der Waals surface area contributed by atoms with Crippen molar-refractivity contribution in [2.24, 2.45) is 39.8 Å². The predicted molar refractivity (Wildman–Crippen MR) is 118 cm³/mol. The van der Waals surface area contributed by atoms with Crippen LogP contribution in [0.4, 0.5) is 0 Å². The molecular weight excluding hydrogens is 380 g/mol. The summed E-state index contributed by atoms with van der Waals surface area (Å²) in [6.07, 6.45) is 11.5. The number of hydrogen-bond donors (Lipinski definition) is 1. The number of alkyl halides is 1. The summed E-state index contributed by atoms with van der Waals surface area (Å²) in [7, 11) is 0. The van der Waals surface area contributed by atoms with Crippen molar-refractivity contribution in [3.05, 3.63) is 35.9 Å². The molecule has 0 aromatic heterocycles. The van der Waals surface area contributed by atoms with Crippen molar-refractivity contribution in [3.8, 4) is 0 Å². The van der Waals surface area contributed by atoms with Gasteiger partial charge in [-0.15, -0.1) is 11.6 Å².